The van der Waals surface area contributed by atoms with E-state index in [0.717, 1.165) is 19.3 Å². The molecule has 0 aliphatic heterocycles. The number of fused-ring (bicyclic) bond motifs is 6. The van der Waals surface area contributed by atoms with Crippen molar-refractivity contribution in [2.45, 2.75) is 37.7 Å². The summed E-state index contributed by atoms with van der Waals surface area (Å²) in [6, 6.07) is 8.56. The Hall–Kier alpha value is -1.28. The van der Waals surface area contributed by atoms with Crippen molar-refractivity contribution in [2.24, 2.45) is 5.92 Å². The molecule has 2 bridgehead atoms. The molecule has 1 saturated carbocycles. The van der Waals surface area contributed by atoms with Gasteiger partial charge in [-0.15, -0.1) is 0 Å². The summed E-state index contributed by atoms with van der Waals surface area (Å²) in [5, 5.41) is 11.4. The predicted molar refractivity (Wildman–Crippen MR) is 68.1 cm³/mol. The first-order valence-electron chi connectivity index (χ1n) is 6.60. The van der Waals surface area contributed by atoms with Gasteiger partial charge in [-0.3, -0.25) is 0 Å². The summed E-state index contributed by atoms with van der Waals surface area (Å²) in [5.41, 5.74) is 4.19. The van der Waals surface area contributed by atoms with Gasteiger partial charge < -0.3 is 10.1 Å². The topological polar surface area (TPSA) is 36.0 Å². The number of nitrogens with one attached hydrogen (secondary N) is 1. The minimum atomic E-state index is -0.0759. The van der Waals surface area contributed by atoms with Crippen molar-refractivity contribution in [3.8, 4) is 0 Å². The summed E-state index contributed by atoms with van der Waals surface area (Å²) >= 11 is 0. The lowest BCUT2D eigenvalue weighted by Crippen LogP contribution is -2.33. The van der Waals surface area contributed by atoms with Gasteiger partial charge in [-0.25, -0.2) is 0 Å². The molecule has 2 aliphatic rings. The zero-order valence-corrected chi connectivity index (χ0v) is 9.82. The van der Waals surface area contributed by atoms with Crippen LogP contribution in [0.15, 0.2) is 24.3 Å². The molecule has 0 amide bonds. The van der Waals surface area contributed by atoms with Crippen LogP contribution in [-0.2, 0) is 6.42 Å². The first kappa shape index (κ1) is 9.72. The van der Waals surface area contributed by atoms with Crippen LogP contribution in [0.3, 0.4) is 0 Å². The van der Waals surface area contributed by atoms with Crippen molar-refractivity contribution in [2.75, 3.05) is 0 Å². The average molecular weight is 227 g/mol. The first-order valence-corrected chi connectivity index (χ1v) is 6.60. The summed E-state index contributed by atoms with van der Waals surface area (Å²) < 4.78 is 0. The molecule has 2 N–H and O–H groups in total. The van der Waals surface area contributed by atoms with Crippen molar-refractivity contribution in [1.29, 1.82) is 0 Å². The smallest absolute Gasteiger partial charge is 0.0572 e. The molecule has 3 atom stereocenters. The van der Waals surface area contributed by atoms with Gasteiger partial charge in [0.25, 0.3) is 0 Å². The summed E-state index contributed by atoms with van der Waals surface area (Å²) in [6.07, 6.45) is 4.26. The molecule has 88 valence electrons. The molecular weight excluding hydrogens is 210 g/mol. The molecular formula is C15H17NO. The van der Waals surface area contributed by atoms with Crippen molar-refractivity contribution in [3.63, 3.8) is 0 Å². The van der Waals surface area contributed by atoms with Gasteiger partial charge in [-0.1, -0.05) is 18.2 Å². The van der Waals surface area contributed by atoms with Crippen LogP contribution in [-0.4, -0.2) is 16.2 Å². The molecule has 1 aromatic heterocycles. The molecule has 1 fully saturated rings. The normalized spacial score (nSPS) is 31.5. The van der Waals surface area contributed by atoms with E-state index in [1.165, 1.54) is 28.6 Å². The Morgan fingerprint density at radius 1 is 1.18 bits per heavy atom. The maximum Gasteiger partial charge on any atom is 0.0572 e. The van der Waals surface area contributed by atoms with Crippen molar-refractivity contribution in [1.82, 2.24) is 4.98 Å². The number of aromatic nitrogens is 1. The van der Waals surface area contributed by atoms with E-state index in [2.05, 4.69) is 29.2 Å². The van der Waals surface area contributed by atoms with Crippen molar-refractivity contribution < 1.29 is 5.11 Å². The van der Waals surface area contributed by atoms with Gasteiger partial charge in [0.1, 0.15) is 0 Å². The highest BCUT2D eigenvalue weighted by Crippen LogP contribution is 2.45. The molecule has 0 radical (unpaired) electrons. The van der Waals surface area contributed by atoms with Gasteiger partial charge in [0.15, 0.2) is 0 Å². The fraction of sp³-hybridized carbons (Fsp3) is 0.467. The summed E-state index contributed by atoms with van der Waals surface area (Å²) in [4.78, 5) is 3.60. The van der Waals surface area contributed by atoms with E-state index in [4.69, 9.17) is 0 Å². The molecule has 0 unspecified atom stereocenters. The van der Waals surface area contributed by atoms with Crippen LogP contribution in [0.5, 0.6) is 0 Å². The highest BCUT2D eigenvalue weighted by Gasteiger charge is 2.37. The molecule has 2 aliphatic carbocycles. The molecule has 0 spiro atoms. The highest BCUT2D eigenvalue weighted by atomic mass is 16.3. The number of H-pyrrole nitrogens is 1. The molecule has 1 heterocycles. The molecule has 1 aromatic carbocycles. The van der Waals surface area contributed by atoms with Crippen LogP contribution in [0, 0.1) is 5.92 Å². The lowest BCUT2D eigenvalue weighted by Gasteiger charge is -2.37. The molecule has 17 heavy (non-hydrogen) atoms. The van der Waals surface area contributed by atoms with E-state index in [1.54, 1.807) is 0 Å². The SMILES string of the molecule is O[C@H]1CC[C@@H]2C[C@H]1Cc1c2[nH]c2ccccc12. The number of para-hydroxylation sites is 1. The summed E-state index contributed by atoms with van der Waals surface area (Å²) in [6.45, 7) is 0. The van der Waals surface area contributed by atoms with Gasteiger partial charge in [-0.2, -0.15) is 0 Å². The third-order valence-corrected chi connectivity index (χ3v) is 4.66. The molecule has 0 saturated heterocycles. The number of aliphatic hydroxyl groups excluding tert-OH is 1. The number of aromatic amines is 1. The van der Waals surface area contributed by atoms with Gasteiger partial charge in [0, 0.05) is 16.6 Å². The molecule has 4 rings (SSSR count). The Balaban J connectivity index is 1.93. The van der Waals surface area contributed by atoms with E-state index in [0.29, 0.717) is 11.8 Å². The Bertz CT molecular complexity index is 571. The molecule has 2 aromatic rings. The van der Waals surface area contributed by atoms with Crippen LogP contribution in [0.25, 0.3) is 10.9 Å². The van der Waals surface area contributed by atoms with Gasteiger partial charge in [0.05, 0.1) is 6.10 Å². The average Bonchev–Trinajstić information content (AvgIpc) is 2.73. The molecule has 2 nitrogen and oxygen atoms in total. The lowest BCUT2D eigenvalue weighted by molar-refractivity contribution is 0.0557. The number of benzene rings is 1. The number of hydrogen-bond donors (Lipinski definition) is 2. The maximum absolute atomic E-state index is 10.0. The summed E-state index contributed by atoms with van der Waals surface area (Å²) in [7, 11) is 0. The van der Waals surface area contributed by atoms with E-state index in [-0.39, 0.29) is 6.10 Å². The zero-order chi connectivity index (χ0) is 11.4. The van der Waals surface area contributed by atoms with E-state index in [9.17, 15) is 5.11 Å². The van der Waals surface area contributed by atoms with Gasteiger partial charge in [-0.05, 0) is 49.1 Å². The Morgan fingerprint density at radius 2 is 2.06 bits per heavy atom. The second-order valence-corrected chi connectivity index (χ2v) is 5.60. The zero-order valence-electron chi connectivity index (χ0n) is 9.82. The van der Waals surface area contributed by atoms with E-state index < -0.39 is 0 Å². The first-order chi connectivity index (χ1) is 8.33. The van der Waals surface area contributed by atoms with Crippen molar-refractivity contribution in [3.05, 3.63) is 35.5 Å². The second kappa shape index (κ2) is 3.36. The summed E-state index contributed by atoms with van der Waals surface area (Å²) in [5.74, 6) is 1.14. The van der Waals surface area contributed by atoms with Crippen LogP contribution < -0.4 is 0 Å². The Labute approximate surface area is 101 Å². The minimum absolute atomic E-state index is 0.0759. The van der Waals surface area contributed by atoms with Gasteiger partial charge in [0.2, 0.25) is 0 Å². The van der Waals surface area contributed by atoms with Crippen LogP contribution in [0.2, 0.25) is 0 Å². The fourth-order valence-corrected chi connectivity index (χ4v) is 3.78. The second-order valence-electron chi connectivity index (χ2n) is 5.60. The van der Waals surface area contributed by atoms with Gasteiger partial charge >= 0.3 is 0 Å². The Morgan fingerprint density at radius 3 is 3.00 bits per heavy atom. The highest BCUT2D eigenvalue weighted by molar-refractivity contribution is 5.85. The third kappa shape index (κ3) is 1.31. The monoisotopic (exact) mass is 227 g/mol. The fourth-order valence-electron chi connectivity index (χ4n) is 3.78. The Kier molecular flexibility index (Phi) is 1.92. The van der Waals surface area contributed by atoms with Crippen LogP contribution >= 0.6 is 0 Å². The largest absolute Gasteiger partial charge is 0.393 e. The maximum atomic E-state index is 10.0. The van der Waals surface area contributed by atoms with Crippen LogP contribution in [0.1, 0.15) is 36.4 Å². The van der Waals surface area contributed by atoms with E-state index >= 15 is 0 Å². The predicted octanol–water partition coefficient (Wildman–Crippen LogP) is 2.97. The lowest BCUT2D eigenvalue weighted by atomic mass is 9.70. The number of hydrogen-bond acceptors (Lipinski definition) is 1. The van der Waals surface area contributed by atoms with E-state index in [1.807, 2.05) is 0 Å². The minimum Gasteiger partial charge on any atom is -0.393 e. The standard InChI is InChI=1S/C15H17NO/c17-14-6-5-9-7-10(14)8-12-11-3-1-2-4-13(11)16-15(9)12/h1-4,9-10,14,16-17H,5-8H2/t9-,10+,14+/m1/s1. The molecule has 2 heteroatoms. The van der Waals surface area contributed by atoms with Crippen molar-refractivity contribution >= 4 is 10.9 Å². The third-order valence-electron chi connectivity index (χ3n) is 4.66. The number of aliphatic hydroxyl groups is 1. The van der Waals surface area contributed by atoms with Crippen LogP contribution in [0.4, 0.5) is 0 Å². The quantitative estimate of drug-likeness (QED) is 0.713. The number of rotatable bonds is 0.